The average Bonchev–Trinajstić information content (AvgIpc) is 2.66. The van der Waals surface area contributed by atoms with Gasteiger partial charge in [0.05, 0.1) is 23.9 Å². The molecule has 1 aromatic carbocycles. The number of benzene rings is 1. The van der Waals surface area contributed by atoms with Crippen LogP contribution in [0.2, 0.25) is 0 Å². The number of nitrogens with zero attached hydrogens (tertiary/aromatic N) is 3. The van der Waals surface area contributed by atoms with Gasteiger partial charge in [-0.15, -0.1) is 0 Å². The Balaban J connectivity index is 1.59. The molecule has 2 aliphatic rings. The van der Waals surface area contributed by atoms with Crippen molar-refractivity contribution < 1.29 is 18.7 Å². The van der Waals surface area contributed by atoms with Crippen molar-refractivity contribution >= 4 is 17.4 Å². The van der Waals surface area contributed by atoms with E-state index in [2.05, 4.69) is 4.90 Å². The number of anilines is 1. The molecule has 154 valence electrons. The van der Waals surface area contributed by atoms with E-state index in [4.69, 9.17) is 4.74 Å². The summed E-state index contributed by atoms with van der Waals surface area (Å²) in [4.78, 5) is 30.4. The van der Waals surface area contributed by atoms with E-state index in [1.54, 1.807) is 12.1 Å². The predicted molar refractivity (Wildman–Crippen MR) is 106 cm³/mol. The van der Waals surface area contributed by atoms with Crippen LogP contribution in [0.1, 0.15) is 38.1 Å². The zero-order valence-corrected chi connectivity index (χ0v) is 17.2. The van der Waals surface area contributed by atoms with E-state index in [0.29, 0.717) is 50.5 Å². The molecule has 3 atom stereocenters. The second-order valence-corrected chi connectivity index (χ2v) is 7.92. The van der Waals surface area contributed by atoms with Gasteiger partial charge < -0.3 is 14.5 Å². The van der Waals surface area contributed by atoms with E-state index in [0.717, 1.165) is 0 Å². The topological polar surface area (TPSA) is 53.1 Å². The van der Waals surface area contributed by atoms with Gasteiger partial charge in [-0.1, -0.05) is 0 Å². The van der Waals surface area contributed by atoms with Crippen molar-refractivity contribution in [3.05, 3.63) is 29.6 Å². The Morgan fingerprint density at radius 1 is 1.11 bits per heavy atom. The quantitative estimate of drug-likeness (QED) is 0.737. The van der Waals surface area contributed by atoms with Crippen LogP contribution >= 0.6 is 0 Å². The fourth-order valence-electron chi connectivity index (χ4n) is 4.11. The molecule has 2 aliphatic heterocycles. The third kappa shape index (κ3) is 4.52. The normalized spacial score (nSPS) is 24.9. The van der Waals surface area contributed by atoms with Crippen molar-refractivity contribution in [1.82, 2.24) is 9.80 Å². The average molecular weight is 391 g/mol. The van der Waals surface area contributed by atoms with Crippen LogP contribution in [0.15, 0.2) is 18.2 Å². The lowest BCUT2D eigenvalue weighted by molar-refractivity contribution is -0.148. The van der Waals surface area contributed by atoms with Crippen LogP contribution in [0.4, 0.5) is 10.1 Å². The van der Waals surface area contributed by atoms with Crippen molar-refractivity contribution in [3.8, 4) is 0 Å². The number of morpholine rings is 1. The number of Topliss-reactive ketones (excluding diaryl/α,β-unsaturated/α-hetero) is 1. The van der Waals surface area contributed by atoms with Gasteiger partial charge in [0.2, 0.25) is 5.91 Å². The predicted octanol–water partition coefficient (Wildman–Crippen LogP) is 2.17. The highest BCUT2D eigenvalue weighted by molar-refractivity contribution is 5.94. The number of rotatable bonds is 4. The first-order chi connectivity index (χ1) is 13.3. The second kappa shape index (κ2) is 8.57. The molecule has 7 heteroatoms. The molecule has 0 aliphatic carbocycles. The van der Waals surface area contributed by atoms with E-state index in [1.165, 1.54) is 13.0 Å². The zero-order valence-electron chi connectivity index (χ0n) is 17.2. The van der Waals surface area contributed by atoms with E-state index < -0.39 is 0 Å². The van der Waals surface area contributed by atoms with Gasteiger partial charge in [-0.2, -0.15) is 0 Å². The maximum absolute atomic E-state index is 14.4. The summed E-state index contributed by atoms with van der Waals surface area (Å²) in [6.07, 6.45) is 0.107. The van der Waals surface area contributed by atoms with Gasteiger partial charge in [0.15, 0.2) is 5.78 Å². The molecule has 1 amide bonds. The van der Waals surface area contributed by atoms with Crippen molar-refractivity contribution in [3.63, 3.8) is 0 Å². The highest BCUT2D eigenvalue weighted by Gasteiger charge is 2.33. The van der Waals surface area contributed by atoms with E-state index in [9.17, 15) is 14.0 Å². The minimum Gasteiger partial charge on any atom is -0.372 e. The fraction of sp³-hybridized carbons (Fsp3) is 0.619. The van der Waals surface area contributed by atoms with Crippen LogP contribution in [0, 0.1) is 5.82 Å². The summed E-state index contributed by atoms with van der Waals surface area (Å²) in [5, 5.41) is 0. The Labute approximate surface area is 166 Å². The first-order valence-electron chi connectivity index (χ1n) is 10.00. The number of hydrogen-bond donors (Lipinski definition) is 0. The van der Waals surface area contributed by atoms with Crippen LogP contribution in [0.25, 0.3) is 0 Å². The van der Waals surface area contributed by atoms with Crippen LogP contribution in [-0.4, -0.2) is 79.0 Å². The van der Waals surface area contributed by atoms with Crippen LogP contribution in [0.3, 0.4) is 0 Å². The molecule has 0 N–H and O–H groups in total. The van der Waals surface area contributed by atoms with Crippen molar-refractivity contribution in [2.24, 2.45) is 0 Å². The first-order valence-corrected chi connectivity index (χ1v) is 10.00. The molecule has 0 saturated carbocycles. The molecule has 2 fully saturated rings. The van der Waals surface area contributed by atoms with Gasteiger partial charge in [-0.05, 0) is 45.9 Å². The fourth-order valence-corrected chi connectivity index (χ4v) is 4.11. The number of halogens is 1. The van der Waals surface area contributed by atoms with Gasteiger partial charge in [0.1, 0.15) is 5.82 Å². The largest absolute Gasteiger partial charge is 0.372 e. The third-order valence-corrected chi connectivity index (χ3v) is 5.65. The number of amides is 1. The van der Waals surface area contributed by atoms with Crippen LogP contribution in [0.5, 0.6) is 0 Å². The molecule has 3 rings (SSSR count). The lowest BCUT2D eigenvalue weighted by Crippen LogP contribution is -2.57. The maximum atomic E-state index is 14.4. The molecular weight excluding hydrogens is 361 g/mol. The van der Waals surface area contributed by atoms with Gasteiger partial charge in [0.25, 0.3) is 0 Å². The van der Waals surface area contributed by atoms with Crippen molar-refractivity contribution in [2.45, 2.75) is 45.9 Å². The summed E-state index contributed by atoms with van der Waals surface area (Å²) in [6.45, 7) is 11.3. The smallest absolute Gasteiger partial charge is 0.239 e. The van der Waals surface area contributed by atoms with Crippen LogP contribution in [-0.2, 0) is 9.53 Å². The zero-order chi connectivity index (χ0) is 20.4. The molecule has 28 heavy (non-hydrogen) atoms. The first kappa shape index (κ1) is 20.7. The lowest BCUT2D eigenvalue weighted by atomic mass is 10.1. The van der Waals surface area contributed by atoms with Crippen LogP contribution < -0.4 is 4.90 Å². The molecule has 6 nitrogen and oxygen atoms in total. The molecule has 0 bridgehead atoms. The highest BCUT2D eigenvalue weighted by Crippen LogP contribution is 2.23. The number of hydrogen-bond acceptors (Lipinski definition) is 5. The highest BCUT2D eigenvalue weighted by atomic mass is 19.1. The number of ketones is 1. The maximum Gasteiger partial charge on any atom is 0.239 e. The molecule has 2 heterocycles. The Hall–Kier alpha value is -1.99. The SMILES string of the molecule is CC(=O)c1ccc(N2CCN([C@@H](C)C(=O)N3C[C@@H](C)O[C@@H](C)C3)CC2)c(F)c1. The number of ether oxygens (including phenoxy) is 1. The van der Waals surface area contributed by atoms with Gasteiger partial charge in [-0.3, -0.25) is 14.5 Å². The summed E-state index contributed by atoms with van der Waals surface area (Å²) in [5.41, 5.74) is 0.896. The van der Waals surface area contributed by atoms with Gasteiger partial charge in [-0.25, -0.2) is 4.39 Å². The third-order valence-electron chi connectivity index (χ3n) is 5.65. The molecule has 2 saturated heterocycles. The monoisotopic (exact) mass is 391 g/mol. The molecule has 0 spiro atoms. The van der Waals surface area contributed by atoms with Crippen molar-refractivity contribution in [1.29, 1.82) is 0 Å². The summed E-state index contributed by atoms with van der Waals surface area (Å²) in [6, 6.07) is 4.44. The summed E-state index contributed by atoms with van der Waals surface area (Å²) in [7, 11) is 0. The van der Waals surface area contributed by atoms with Gasteiger partial charge >= 0.3 is 0 Å². The van der Waals surface area contributed by atoms with Gasteiger partial charge in [0, 0.05) is 44.8 Å². The standard InChI is InChI=1S/C21H30FN3O3/c1-14-12-25(13-15(2)28-14)21(27)16(3)23-7-9-24(10-8-23)20-6-5-18(17(4)26)11-19(20)22/h5-6,11,14-16H,7-10,12-13H2,1-4H3/t14-,15+,16-/m0/s1. The molecule has 0 unspecified atom stereocenters. The Bertz CT molecular complexity index is 724. The summed E-state index contributed by atoms with van der Waals surface area (Å²) in [5.74, 6) is -0.386. The molecule has 1 aromatic rings. The number of carbonyl (C=O) groups is 2. The Morgan fingerprint density at radius 3 is 2.25 bits per heavy atom. The minimum absolute atomic E-state index is 0.0534. The Kier molecular flexibility index (Phi) is 6.35. The second-order valence-electron chi connectivity index (χ2n) is 7.92. The minimum atomic E-state index is -0.374. The number of carbonyl (C=O) groups excluding carboxylic acids is 2. The summed E-state index contributed by atoms with van der Waals surface area (Å²) < 4.78 is 20.1. The number of piperazine rings is 1. The van der Waals surface area contributed by atoms with Crippen molar-refractivity contribution in [2.75, 3.05) is 44.2 Å². The van der Waals surface area contributed by atoms with E-state index in [-0.39, 0.29) is 35.8 Å². The summed E-state index contributed by atoms with van der Waals surface area (Å²) >= 11 is 0. The van der Waals surface area contributed by atoms with E-state index in [1.807, 2.05) is 30.6 Å². The molecule has 0 aromatic heterocycles. The molecular formula is C21H30FN3O3. The Morgan fingerprint density at radius 2 is 1.71 bits per heavy atom. The molecule has 0 radical (unpaired) electrons. The lowest BCUT2D eigenvalue weighted by Gasteiger charge is -2.42. The van der Waals surface area contributed by atoms with E-state index >= 15 is 0 Å².